The van der Waals surface area contributed by atoms with Crippen molar-refractivity contribution in [1.82, 2.24) is 0 Å². The normalized spacial score (nSPS) is 12.9. The van der Waals surface area contributed by atoms with E-state index in [1.807, 2.05) is 11.3 Å². The van der Waals surface area contributed by atoms with Gasteiger partial charge in [0.05, 0.1) is 11.1 Å². The fourth-order valence-corrected chi connectivity index (χ4v) is 11.9. The molecule has 0 unspecified atom stereocenters. The lowest BCUT2D eigenvalue weighted by Crippen LogP contribution is -2.26. The maximum atomic E-state index is 2.56. The SMILES string of the molecule is c1ccc(-c2ccc(-c3ccc(N(c4ccccc4)c4c5c(cc6sc7ccccc7c46)C4(c6ccccc6-c6ccccc64)c4cc(-c6ccccc6)ccc4-5)cc3)cc2)cc1. The van der Waals surface area contributed by atoms with Crippen molar-refractivity contribution in [3.63, 3.8) is 0 Å². The quantitative estimate of drug-likeness (QED) is 0.162. The molecule has 0 saturated carbocycles. The first-order valence-electron chi connectivity index (χ1n) is 21.8. The van der Waals surface area contributed by atoms with Gasteiger partial charge in [-0.1, -0.05) is 194 Å². The lowest BCUT2D eigenvalue weighted by atomic mass is 9.70. The average molecular weight is 818 g/mol. The van der Waals surface area contributed by atoms with Crippen LogP contribution >= 0.6 is 11.3 Å². The van der Waals surface area contributed by atoms with E-state index in [4.69, 9.17) is 0 Å². The van der Waals surface area contributed by atoms with Crippen molar-refractivity contribution in [3.8, 4) is 55.6 Å². The monoisotopic (exact) mass is 817 g/mol. The Labute approximate surface area is 371 Å². The maximum Gasteiger partial charge on any atom is 0.0727 e. The van der Waals surface area contributed by atoms with E-state index in [-0.39, 0.29) is 0 Å². The van der Waals surface area contributed by atoms with Crippen molar-refractivity contribution in [3.05, 3.63) is 259 Å². The Morgan fingerprint density at radius 1 is 0.317 bits per heavy atom. The van der Waals surface area contributed by atoms with Crippen LogP contribution in [0.4, 0.5) is 17.1 Å². The molecule has 2 aliphatic carbocycles. The molecule has 1 heterocycles. The Morgan fingerprint density at radius 3 is 1.43 bits per heavy atom. The molecule has 1 aromatic heterocycles. The minimum absolute atomic E-state index is 0.528. The summed E-state index contributed by atoms with van der Waals surface area (Å²) in [6.45, 7) is 0. The third kappa shape index (κ3) is 5.35. The van der Waals surface area contributed by atoms with Gasteiger partial charge in [0.15, 0.2) is 0 Å². The van der Waals surface area contributed by atoms with E-state index in [0.717, 1.165) is 11.4 Å². The minimum Gasteiger partial charge on any atom is -0.309 e. The van der Waals surface area contributed by atoms with Gasteiger partial charge in [0, 0.05) is 37.1 Å². The zero-order valence-electron chi connectivity index (χ0n) is 34.4. The van der Waals surface area contributed by atoms with Gasteiger partial charge >= 0.3 is 0 Å². The van der Waals surface area contributed by atoms with Crippen molar-refractivity contribution < 1.29 is 0 Å². The summed E-state index contributed by atoms with van der Waals surface area (Å²) < 4.78 is 2.58. The average Bonchev–Trinajstić information content (AvgIpc) is 3.99. The molecule has 1 spiro atoms. The third-order valence-corrected chi connectivity index (χ3v) is 14.6. The van der Waals surface area contributed by atoms with Crippen molar-refractivity contribution in [2.45, 2.75) is 5.41 Å². The highest BCUT2D eigenvalue weighted by molar-refractivity contribution is 7.26. The van der Waals surface area contributed by atoms with Crippen LogP contribution in [-0.4, -0.2) is 0 Å². The van der Waals surface area contributed by atoms with Crippen molar-refractivity contribution in [1.29, 1.82) is 0 Å². The van der Waals surface area contributed by atoms with E-state index < -0.39 is 5.41 Å². The molecule has 13 rings (SSSR count). The molecule has 0 saturated heterocycles. The maximum absolute atomic E-state index is 2.56. The van der Waals surface area contributed by atoms with Gasteiger partial charge in [0.2, 0.25) is 0 Å². The molecule has 0 atom stereocenters. The molecule has 0 amide bonds. The Balaban J connectivity index is 1.11. The predicted molar refractivity (Wildman–Crippen MR) is 267 cm³/mol. The molecule has 2 heteroatoms. The molecule has 0 fully saturated rings. The molecule has 2 aliphatic rings. The largest absolute Gasteiger partial charge is 0.309 e. The van der Waals surface area contributed by atoms with Crippen molar-refractivity contribution in [2.24, 2.45) is 0 Å². The molecule has 11 aromatic rings. The number of para-hydroxylation sites is 1. The Kier molecular flexibility index (Phi) is 8.06. The van der Waals surface area contributed by atoms with Crippen LogP contribution in [0.25, 0.3) is 75.8 Å². The van der Waals surface area contributed by atoms with Crippen molar-refractivity contribution >= 4 is 48.6 Å². The van der Waals surface area contributed by atoms with E-state index >= 15 is 0 Å². The summed E-state index contributed by atoms with van der Waals surface area (Å²) in [5.74, 6) is 0. The second-order valence-electron chi connectivity index (χ2n) is 16.7. The summed E-state index contributed by atoms with van der Waals surface area (Å²) in [5, 5.41) is 2.57. The Hall–Kier alpha value is -7.78. The molecule has 0 N–H and O–H groups in total. The minimum atomic E-state index is -0.528. The van der Waals surface area contributed by atoms with E-state index in [9.17, 15) is 0 Å². The molecule has 0 aliphatic heterocycles. The van der Waals surface area contributed by atoms with Crippen LogP contribution in [0.3, 0.4) is 0 Å². The van der Waals surface area contributed by atoms with E-state index in [2.05, 4.69) is 241 Å². The van der Waals surface area contributed by atoms with Crippen LogP contribution < -0.4 is 4.90 Å². The van der Waals surface area contributed by atoms with Gasteiger partial charge < -0.3 is 4.90 Å². The van der Waals surface area contributed by atoms with E-state index in [0.29, 0.717) is 0 Å². The third-order valence-electron chi connectivity index (χ3n) is 13.5. The van der Waals surface area contributed by atoms with Crippen LogP contribution in [0.5, 0.6) is 0 Å². The molecular weight excluding hydrogens is 779 g/mol. The molecule has 1 nitrogen and oxygen atoms in total. The number of thiophene rings is 1. The van der Waals surface area contributed by atoms with Gasteiger partial charge in [-0.3, -0.25) is 0 Å². The summed E-state index contributed by atoms with van der Waals surface area (Å²) in [6, 6.07) is 87.7. The number of hydrogen-bond donors (Lipinski definition) is 0. The van der Waals surface area contributed by atoms with Crippen LogP contribution in [0.2, 0.25) is 0 Å². The van der Waals surface area contributed by atoms with Crippen LogP contribution in [0, 0.1) is 0 Å². The molecule has 294 valence electrons. The molecule has 0 bridgehead atoms. The first-order chi connectivity index (χ1) is 31.3. The van der Waals surface area contributed by atoms with E-state index in [1.165, 1.54) is 104 Å². The second-order valence-corrected chi connectivity index (χ2v) is 17.8. The van der Waals surface area contributed by atoms with Gasteiger partial charge in [0.1, 0.15) is 0 Å². The number of benzene rings is 10. The summed E-state index contributed by atoms with van der Waals surface area (Å²) >= 11 is 1.91. The van der Waals surface area contributed by atoms with Gasteiger partial charge in [-0.15, -0.1) is 11.3 Å². The summed E-state index contributed by atoms with van der Waals surface area (Å²) in [6.07, 6.45) is 0. The van der Waals surface area contributed by atoms with Gasteiger partial charge in [0.25, 0.3) is 0 Å². The zero-order valence-corrected chi connectivity index (χ0v) is 35.2. The number of anilines is 3. The zero-order chi connectivity index (χ0) is 41.5. The molecule has 63 heavy (non-hydrogen) atoms. The number of fused-ring (bicyclic) bond motifs is 13. The number of hydrogen-bond acceptors (Lipinski definition) is 2. The molecule has 10 aromatic carbocycles. The fraction of sp³-hybridized carbons (Fsp3) is 0.0164. The van der Waals surface area contributed by atoms with Crippen LogP contribution in [-0.2, 0) is 5.41 Å². The smallest absolute Gasteiger partial charge is 0.0727 e. The Bertz CT molecular complexity index is 3490. The van der Waals surface area contributed by atoms with Gasteiger partial charge in [-0.25, -0.2) is 0 Å². The summed E-state index contributed by atoms with van der Waals surface area (Å²) in [5.41, 5.74) is 20.8. The highest BCUT2D eigenvalue weighted by Crippen LogP contribution is 2.67. The first kappa shape index (κ1) is 35.9. The van der Waals surface area contributed by atoms with Crippen LogP contribution in [0.1, 0.15) is 22.3 Å². The fourth-order valence-electron chi connectivity index (χ4n) is 10.8. The molecule has 0 radical (unpaired) electrons. The lowest BCUT2D eigenvalue weighted by molar-refractivity contribution is 0.795. The standard InChI is InChI=1S/C61H39NS/c1-4-16-40(17-5-1)42-28-30-43(31-29-42)44-32-35-47(36-33-44)62(46-20-8-3-9-21-46)60-58-50-37-34-45(41-18-6-2-7-19-41)38-54(50)61(52-25-13-10-22-48(52)49-23-11-14-26-53(49)61)55(58)39-57-59(60)51-24-12-15-27-56(51)63-57/h1-39H. The predicted octanol–water partition coefficient (Wildman–Crippen LogP) is 16.9. The number of rotatable bonds is 6. The first-order valence-corrected chi connectivity index (χ1v) is 22.6. The highest BCUT2D eigenvalue weighted by Gasteiger charge is 2.53. The Morgan fingerprint density at radius 2 is 0.794 bits per heavy atom. The number of nitrogens with zero attached hydrogens (tertiary/aromatic N) is 1. The summed E-state index contributed by atoms with van der Waals surface area (Å²) in [4.78, 5) is 2.54. The lowest BCUT2D eigenvalue weighted by Gasteiger charge is -2.32. The van der Waals surface area contributed by atoms with Crippen molar-refractivity contribution in [2.75, 3.05) is 4.90 Å². The van der Waals surface area contributed by atoms with E-state index in [1.54, 1.807) is 0 Å². The second kappa shape index (κ2) is 14.1. The summed E-state index contributed by atoms with van der Waals surface area (Å²) in [7, 11) is 0. The van der Waals surface area contributed by atoms with Gasteiger partial charge in [-0.05, 0) is 115 Å². The highest BCUT2D eigenvalue weighted by atomic mass is 32.1. The molecular formula is C61H39NS. The van der Waals surface area contributed by atoms with Crippen LogP contribution in [0.15, 0.2) is 237 Å². The van der Waals surface area contributed by atoms with Gasteiger partial charge in [-0.2, -0.15) is 0 Å². The topological polar surface area (TPSA) is 3.24 Å².